The molecular formula is C22H21ClFN5OS. The fourth-order valence-corrected chi connectivity index (χ4v) is 4.85. The van der Waals surface area contributed by atoms with Gasteiger partial charge in [-0.15, -0.1) is 0 Å². The lowest BCUT2D eigenvalue weighted by atomic mass is 10.1. The summed E-state index contributed by atoms with van der Waals surface area (Å²) >= 11 is 7.29. The van der Waals surface area contributed by atoms with Crippen LogP contribution < -0.4 is 0 Å². The molecule has 2 aromatic rings. The van der Waals surface area contributed by atoms with Crippen LogP contribution in [0.15, 0.2) is 39.9 Å². The highest BCUT2D eigenvalue weighted by Crippen LogP contribution is 2.32. The third kappa shape index (κ3) is 3.97. The van der Waals surface area contributed by atoms with Gasteiger partial charge in [0.25, 0.3) is 5.91 Å². The lowest BCUT2D eigenvalue weighted by Gasteiger charge is -2.20. The highest BCUT2D eigenvalue weighted by atomic mass is 35.5. The van der Waals surface area contributed by atoms with Crippen molar-refractivity contribution in [1.29, 1.82) is 5.41 Å². The molecule has 0 spiro atoms. The van der Waals surface area contributed by atoms with E-state index >= 15 is 0 Å². The van der Waals surface area contributed by atoms with Gasteiger partial charge in [-0.3, -0.25) is 10.2 Å². The molecule has 1 aromatic carbocycles. The highest BCUT2D eigenvalue weighted by Gasteiger charge is 2.35. The number of hydrogen-bond acceptors (Lipinski definition) is 4. The summed E-state index contributed by atoms with van der Waals surface area (Å²) in [6, 6.07) is 6.44. The molecule has 0 unspecified atom stereocenters. The molecule has 31 heavy (non-hydrogen) atoms. The summed E-state index contributed by atoms with van der Waals surface area (Å²) in [7, 11) is 0. The minimum atomic E-state index is -0.481. The van der Waals surface area contributed by atoms with Crippen LogP contribution in [0.2, 0.25) is 5.02 Å². The number of rotatable bonds is 4. The molecule has 0 radical (unpaired) electrons. The molecule has 0 fully saturated rings. The van der Waals surface area contributed by atoms with E-state index in [1.807, 2.05) is 24.5 Å². The predicted octanol–water partition coefficient (Wildman–Crippen LogP) is 5.55. The zero-order valence-electron chi connectivity index (χ0n) is 17.5. The Morgan fingerprint density at radius 1 is 1.29 bits per heavy atom. The fraction of sp³-hybridized carbons (Fsp3) is 0.273. The number of hydrazone groups is 1. The molecule has 0 aliphatic carbocycles. The van der Waals surface area contributed by atoms with Gasteiger partial charge in [0, 0.05) is 23.5 Å². The average Bonchev–Trinajstić information content (AvgIpc) is 3.20. The Bertz CT molecular complexity index is 1210. The first-order valence-corrected chi connectivity index (χ1v) is 11.0. The van der Waals surface area contributed by atoms with Gasteiger partial charge in [-0.1, -0.05) is 25.4 Å². The zero-order chi connectivity index (χ0) is 22.4. The van der Waals surface area contributed by atoms with Crippen LogP contribution in [-0.2, 0) is 4.79 Å². The lowest BCUT2D eigenvalue weighted by molar-refractivity contribution is -0.114. The summed E-state index contributed by atoms with van der Waals surface area (Å²) in [5.41, 5.74) is 3.39. The number of amides is 1. The number of amidine groups is 2. The second-order valence-corrected chi connectivity index (χ2v) is 9.32. The van der Waals surface area contributed by atoms with E-state index in [2.05, 4.69) is 23.9 Å². The predicted molar refractivity (Wildman–Crippen MR) is 125 cm³/mol. The SMILES string of the molecule is Cc1cc(C=C2C(=N)N3N=C(CC(C)C)SC3=NC2=O)c(C)n1-c1ccc(F)c(Cl)c1. The number of nitrogens with zero attached hydrogens (tertiary/aromatic N) is 4. The van der Waals surface area contributed by atoms with Gasteiger partial charge in [-0.05, 0) is 67.4 Å². The number of fused-ring (bicyclic) bond motifs is 1. The summed E-state index contributed by atoms with van der Waals surface area (Å²) in [6.45, 7) is 7.99. The number of carbonyl (C=O) groups excluding carboxylic acids is 1. The number of carbonyl (C=O) groups is 1. The molecule has 6 nitrogen and oxygen atoms in total. The number of nitrogens with one attached hydrogen (secondary N) is 1. The minimum absolute atomic E-state index is 0.0101. The van der Waals surface area contributed by atoms with E-state index in [0.717, 1.165) is 34.1 Å². The highest BCUT2D eigenvalue weighted by molar-refractivity contribution is 8.26. The largest absolute Gasteiger partial charge is 0.318 e. The maximum absolute atomic E-state index is 13.6. The van der Waals surface area contributed by atoms with Crippen LogP contribution in [0.25, 0.3) is 11.8 Å². The number of hydrogen-bond donors (Lipinski definition) is 1. The van der Waals surface area contributed by atoms with Gasteiger partial charge in [0.1, 0.15) is 10.9 Å². The Balaban J connectivity index is 1.71. The van der Waals surface area contributed by atoms with Crippen molar-refractivity contribution in [3.05, 3.63) is 57.6 Å². The van der Waals surface area contributed by atoms with Gasteiger partial charge in [0.15, 0.2) is 5.84 Å². The summed E-state index contributed by atoms with van der Waals surface area (Å²) in [5, 5.41) is 15.8. The minimum Gasteiger partial charge on any atom is -0.318 e. The molecule has 0 saturated heterocycles. The van der Waals surface area contributed by atoms with Gasteiger partial charge >= 0.3 is 0 Å². The summed E-state index contributed by atoms with van der Waals surface area (Å²) < 4.78 is 15.5. The molecule has 160 valence electrons. The molecule has 1 N–H and O–H groups in total. The quantitative estimate of drug-likeness (QED) is 0.611. The second kappa shape index (κ2) is 8.09. The second-order valence-electron chi connectivity index (χ2n) is 7.87. The van der Waals surface area contributed by atoms with Crippen molar-refractivity contribution in [3.8, 4) is 5.69 Å². The smallest absolute Gasteiger partial charge is 0.283 e. The molecule has 0 bridgehead atoms. The standard InChI is InChI=1S/C22H21ClFN5OS/c1-11(2)7-19-27-29-20(25)16(21(30)26-22(29)31-19)9-14-8-12(3)28(13(14)4)15-5-6-18(24)17(23)10-15/h5-6,8-11,25H,7H2,1-4H3. The topological polar surface area (TPSA) is 73.8 Å². The van der Waals surface area contributed by atoms with E-state index in [9.17, 15) is 9.18 Å². The molecule has 3 heterocycles. The first-order chi connectivity index (χ1) is 14.7. The van der Waals surface area contributed by atoms with E-state index in [0.29, 0.717) is 11.1 Å². The van der Waals surface area contributed by atoms with Crippen LogP contribution in [-0.4, -0.2) is 31.5 Å². The van der Waals surface area contributed by atoms with Gasteiger partial charge < -0.3 is 4.57 Å². The van der Waals surface area contributed by atoms with Crippen molar-refractivity contribution in [2.75, 3.05) is 0 Å². The molecule has 2 aliphatic rings. The van der Waals surface area contributed by atoms with Crippen LogP contribution >= 0.6 is 23.4 Å². The van der Waals surface area contributed by atoms with Crippen molar-refractivity contribution >= 4 is 51.4 Å². The lowest BCUT2D eigenvalue weighted by Crippen LogP contribution is -2.35. The van der Waals surface area contributed by atoms with Crippen LogP contribution in [0, 0.1) is 31.0 Å². The van der Waals surface area contributed by atoms with E-state index < -0.39 is 11.7 Å². The Morgan fingerprint density at radius 3 is 2.71 bits per heavy atom. The number of aryl methyl sites for hydroxylation is 1. The summed E-state index contributed by atoms with van der Waals surface area (Å²) in [4.78, 5) is 16.8. The zero-order valence-corrected chi connectivity index (χ0v) is 19.1. The summed E-state index contributed by atoms with van der Waals surface area (Å²) in [6.07, 6.45) is 2.43. The maximum atomic E-state index is 13.6. The van der Waals surface area contributed by atoms with Crippen molar-refractivity contribution in [3.63, 3.8) is 0 Å². The van der Waals surface area contributed by atoms with Crippen LogP contribution in [0.3, 0.4) is 0 Å². The average molecular weight is 458 g/mol. The molecular weight excluding hydrogens is 437 g/mol. The summed E-state index contributed by atoms with van der Waals surface area (Å²) in [5.74, 6) is -0.514. The number of halogens is 2. The maximum Gasteiger partial charge on any atom is 0.283 e. The van der Waals surface area contributed by atoms with E-state index in [1.165, 1.54) is 22.8 Å². The van der Waals surface area contributed by atoms with Gasteiger partial charge in [-0.2, -0.15) is 15.1 Å². The first kappa shape index (κ1) is 21.5. The van der Waals surface area contributed by atoms with Gasteiger partial charge in [-0.25, -0.2) is 4.39 Å². The third-order valence-corrected chi connectivity index (χ3v) is 6.23. The van der Waals surface area contributed by atoms with Crippen molar-refractivity contribution in [2.45, 2.75) is 34.1 Å². The number of thioether (sulfide) groups is 1. The van der Waals surface area contributed by atoms with E-state index in [1.54, 1.807) is 18.2 Å². The Hall–Kier alpha value is -2.71. The van der Waals surface area contributed by atoms with Gasteiger partial charge in [0.05, 0.1) is 10.6 Å². The molecule has 2 aliphatic heterocycles. The Kier molecular flexibility index (Phi) is 5.61. The Labute approximate surface area is 189 Å². The first-order valence-electron chi connectivity index (χ1n) is 9.79. The van der Waals surface area contributed by atoms with Crippen molar-refractivity contribution < 1.29 is 9.18 Å². The third-order valence-electron chi connectivity index (χ3n) is 5.01. The van der Waals surface area contributed by atoms with Gasteiger partial charge in [0.2, 0.25) is 5.17 Å². The normalized spacial score (nSPS) is 17.5. The molecule has 4 rings (SSSR count). The van der Waals surface area contributed by atoms with E-state index in [-0.39, 0.29) is 16.4 Å². The number of aliphatic imine (C=N–C) groups is 1. The molecule has 1 aromatic heterocycles. The van der Waals surface area contributed by atoms with Crippen LogP contribution in [0.4, 0.5) is 4.39 Å². The number of benzene rings is 1. The monoisotopic (exact) mass is 457 g/mol. The molecule has 1 amide bonds. The number of aromatic nitrogens is 1. The van der Waals surface area contributed by atoms with Crippen LogP contribution in [0.1, 0.15) is 37.2 Å². The molecule has 9 heteroatoms. The van der Waals surface area contributed by atoms with E-state index in [4.69, 9.17) is 17.0 Å². The van der Waals surface area contributed by atoms with Crippen molar-refractivity contribution in [2.24, 2.45) is 16.0 Å². The molecule has 0 saturated carbocycles. The van der Waals surface area contributed by atoms with Crippen LogP contribution in [0.5, 0.6) is 0 Å². The Morgan fingerprint density at radius 2 is 2.03 bits per heavy atom. The fourth-order valence-electron chi connectivity index (χ4n) is 3.57. The molecule has 0 atom stereocenters. The van der Waals surface area contributed by atoms with Crippen molar-refractivity contribution in [1.82, 2.24) is 9.58 Å².